The first kappa shape index (κ1) is 15.0. The van der Waals surface area contributed by atoms with Gasteiger partial charge in [0.05, 0.1) is 5.56 Å². The third-order valence-electron chi connectivity index (χ3n) is 3.98. The second-order valence-corrected chi connectivity index (χ2v) is 5.90. The SMILES string of the molecule is Cc1ncccc1C(=O)N(CC1CCCNC1)C(C)C. The van der Waals surface area contributed by atoms with Crippen LogP contribution in [0.3, 0.4) is 0 Å². The number of rotatable bonds is 4. The Kier molecular flexibility index (Phi) is 5.12. The van der Waals surface area contributed by atoms with Crippen molar-refractivity contribution in [2.45, 2.75) is 39.7 Å². The van der Waals surface area contributed by atoms with Crippen LogP contribution in [0.25, 0.3) is 0 Å². The predicted molar refractivity (Wildman–Crippen MR) is 80.7 cm³/mol. The topological polar surface area (TPSA) is 45.2 Å². The predicted octanol–water partition coefficient (Wildman–Crippen LogP) is 2.24. The van der Waals surface area contributed by atoms with E-state index in [2.05, 4.69) is 24.1 Å². The number of carbonyl (C=O) groups is 1. The lowest BCUT2D eigenvalue weighted by Crippen LogP contribution is -2.44. The molecule has 4 heteroatoms. The van der Waals surface area contributed by atoms with E-state index in [1.807, 2.05) is 24.0 Å². The molecule has 1 aromatic rings. The van der Waals surface area contributed by atoms with Gasteiger partial charge in [-0.2, -0.15) is 0 Å². The summed E-state index contributed by atoms with van der Waals surface area (Å²) in [5.74, 6) is 0.670. The van der Waals surface area contributed by atoms with Crippen molar-refractivity contribution >= 4 is 5.91 Å². The molecule has 110 valence electrons. The molecule has 2 rings (SSSR count). The number of amides is 1. The van der Waals surface area contributed by atoms with Crippen LogP contribution in [0.1, 0.15) is 42.7 Å². The van der Waals surface area contributed by atoms with E-state index >= 15 is 0 Å². The zero-order valence-electron chi connectivity index (χ0n) is 12.7. The molecule has 1 aliphatic heterocycles. The van der Waals surface area contributed by atoms with E-state index in [-0.39, 0.29) is 11.9 Å². The molecule has 20 heavy (non-hydrogen) atoms. The van der Waals surface area contributed by atoms with Crippen LogP contribution in [0.4, 0.5) is 0 Å². The number of aromatic nitrogens is 1. The summed E-state index contributed by atoms with van der Waals surface area (Å²) in [5.41, 5.74) is 1.54. The molecule has 1 unspecified atom stereocenters. The number of hydrogen-bond acceptors (Lipinski definition) is 3. The van der Waals surface area contributed by atoms with Gasteiger partial charge in [-0.1, -0.05) is 0 Å². The van der Waals surface area contributed by atoms with Gasteiger partial charge in [0.1, 0.15) is 0 Å². The van der Waals surface area contributed by atoms with Crippen molar-refractivity contribution in [2.75, 3.05) is 19.6 Å². The molecule has 0 bridgehead atoms. The molecule has 1 saturated heterocycles. The number of piperidine rings is 1. The zero-order valence-corrected chi connectivity index (χ0v) is 12.7. The van der Waals surface area contributed by atoms with E-state index < -0.39 is 0 Å². The first-order valence-corrected chi connectivity index (χ1v) is 7.53. The molecule has 4 nitrogen and oxygen atoms in total. The number of nitrogens with one attached hydrogen (secondary N) is 1. The Morgan fingerprint density at radius 3 is 2.95 bits per heavy atom. The number of nitrogens with zero attached hydrogens (tertiary/aromatic N) is 2. The van der Waals surface area contributed by atoms with Crippen LogP contribution < -0.4 is 5.32 Å². The Labute approximate surface area is 121 Å². The summed E-state index contributed by atoms with van der Waals surface area (Å²) in [6, 6.07) is 3.92. The highest BCUT2D eigenvalue weighted by molar-refractivity contribution is 5.95. The Hall–Kier alpha value is -1.42. The van der Waals surface area contributed by atoms with Gasteiger partial charge >= 0.3 is 0 Å². The van der Waals surface area contributed by atoms with Crippen molar-refractivity contribution in [1.29, 1.82) is 0 Å². The zero-order chi connectivity index (χ0) is 14.5. The maximum Gasteiger partial charge on any atom is 0.255 e. The standard InChI is InChI=1S/C16H25N3O/c1-12(2)19(11-14-6-4-8-17-10-14)16(20)15-7-5-9-18-13(15)3/h5,7,9,12,14,17H,4,6,8,10-11H2,1-3H3. The van der Waals surface area contributed by atoms with Crippen molar-refractivity contribution in [3.05, 3.63) is 29.6 Å². The van der Waals surface area contributed by atoms with Gasteiger partial charge in [-0.15, -0.1) is 0 Å². The molecule has 0 aromatic carbocycles. The summed E-state index contributed by atoms with van der Waals surface area (Å²) in [6.07, 6.45) is 4.14. The van der Waals surface area contributed by atoms with E-state index in [0.717, 1.165) is 30.9 Å². The van der Waals surface area contributed by atoms with Crippen molar-refractivity contribution in [1.82, 2.24) is 15.2 Å². The van der Waals surface area contributed by atoms with Crippen molar-refractivity contribution < 1.29 is 4.79 Å². The Balaban J connectivity index is 2.11. The van der Waals surface area contributed by atoms with E-state index in [1.165, 1.54) is 12.8 Å². The number of aryl methyl sites for hydroxylation is 1. The normalized spacial score (nSPS) is 19.1. The number of hydrogen-bond donors (Lipinski definition) is 1. The van der Waals surface area contributed by atoms with Gasteiger partial charge in [0.2, 0.25) is 0 Å². The number of carbonyl (C=O) groups excluding carboxylic acids is 1. The van der Waals surface area contributed by atoms with Gasteiger partial charge in [-0.3, -0.25) is 9.78 Å². The van der Waals surface area contributed by atoms with E-state index in [0.29, 0.717) is 5.92 Å². The molecular formula is C16H25N3O. The molecular weight excluding hydrogens is 250 g/mol. The van der Waals surface area contributed by atoms with Gasteiger partial charge in [0.15, 0.2) is 0 Å². The summed E-state index contributed by atoms with van der Waals surface area (Å²) >= 11 is 0. The fraction of sp³-hybridized carbons (Fsp3) is 0.625. The molecule has 1 aliphatic rings. The second-order valence-electron chi connectivity index (χ2n) is 5.90. The first-order chi connectivity index (χ1) is 9.59. The van der Waals surface area contributed by atoms with Gasteiger partial charge in [-0.25, -0.2) is 0 Å². The van der Waals surface area contributed by atoms with Gasteiger partial charge < -0.3 is 10.2 Å². The molecule has 2 heterocycles. The fourth-order valence-corrected chi connectivity index (χ4v) is 2.75. The van der Waals surface area contributed by atoms with Crippen LogP contribution in [0.15, 0.2) is 18.3 Å². The molecule has 0 saturated carbocycles. The molecule has 0 radical (unpaired) electrons. The van der Waals surface area contributed by atoms with Crippen molar-refractivity contribution in [2.24, 2.45) is 5.92 Å². The lowest BCUT2D eigenvalue weighted by Gasteiger charge is -2.33. The molecule has 0 aliphatic carbocycles. The molecule has 1 N–H and O–H groups in total. The Bertz CT molecular complexity index is 453. The fourth-order valence-electron chi connectivity index (χ4n) is 2.75. The average Bonchev–Trinajstić information content (AvgIpc) is 2.45. The summed E-state index contributed by atoms with van der Waals surface area (Å²) in [6.45, 7) is 9.02. The lowest BCUT2D eigenvalue weighted by atomic mass is 9.98. The minimum atomic E-state index is 0.108. The minimum absolute atomic E-state index is 0.108. The molecule has 0 spiro atoms. The third kappa shape index (κ3) is 3.57. The Morgan fingerprint density at radius 2 is 2.35 bits per heavy atom. The highest BCUT2D eigenvalue weighted by Gasteiger charge is 2.24. The first-order valence-electron chi connectivity index (χ1n) is 7.53. The van der Waals surface area contributed by atoms with Crippen LogP contribution in [0, 0.1) is 12.8 Å². The minimum Gasteiger partial charge on any atom is -0.336 e. The van der Waals surface area contributed by atoms with E-state index in [4.69, 9.17) is 0 Å². The smallest absolute Gasteiger partial charge is 0.255 e. The Morgan fingerprint density at radius 1 is 1.55 bits per heavy atom. The van der Waals surface area contributed by atoms with Crippen molar-refractivity contribution in [3.63, 3.8) is 0 Å². The van der Waals surface area contributed by atoms with Crippen LogP contribution in [0.2, 0.25) is 0 Å². The quantitative estimate of drug-likeness (QED) is 0.916. The van der Waals surface area contributed by atoms with E-state index in [1.54, 1.807) is 6.20 Å². The lowest BCUT2D eigenvalue weighted by molar-refractivity contribution is 0.0659. The molecule has 1 atom stereocenters. The highest BCUT2D eigenvalue weighted by atomic mass is 16.2. The van der Waals surface area contributed by atoms with Crippen LogP contribution >= 0.6 is 0 Å². The number of pyridine rings is 1. The highest BCUT2D eigenvalue weighted by Crippen LogP contribution is 2.17. The van der Waals surface area contributed by atoms with Crippen LogP contribution in [-0.2, 0) is 0 Å². The monoisotopic (exact) mass is 275 g/mol. The average molecular weight is 275 g/mol. The van der Waals surface area contributed by atoms with Gasteiger partial charge in [0.25, 0.3) is 5.91 Å². The third-order valence-corrected chi connectivity index (χ3v) is 3.98. The largest absolute Gasteiger partial charge is 0.336 e. The van der Waals surface area contributed by atoms with Gasteiger partial charge in [-0.05, 0) is 64.8 Å². The molecule has 1 amide bonds. The summed E-state index contributed by atoms with van der Waals surface area (Å²) in [7, 11) is 0. The van der Waals surface area contributed by atoms with Crippen molar-refractivity contribution in [3.8, 4) is 0 Å². The maximum absolute atomic E-state index is 12.7. The molecule has 1 aromatic heterocycles. The van der Waals surface area contributed by atoms with Gasteiger partial charge in [0, 0.05) is 24.5 Å². The maximum atomic E-state index is 12.7. The van der Waals surface area contributed by atoms with Crippen LogP contribution in [0.5, 0.6) is 0 Å². The summed E-state index contributed by atoms with van der Waals surface area (Å²) in [4.78, 5) is 19.0. The van der Waals surface area contributed by atoms with Crippen LogP contribution in [-0.4, -0.2) is 41.5 Å². The summed E-state index contributed by atoms with van der Waals surface area (Å²) < 4.78 is 0. The second kappa shape index (κ2) is 6.84. The molecule has 1 fully saturated rings. The summed E-state index contributed by atoms with van der Waals surface area (Å²) in [5, 5.41) is 3.42. The van der Waals surface area contributed by atoms with E-state index in [9.17, 15) is 4.79 Å².